The van der Waals surface area contributed by atoms with E-state index in [1.165, 1.54) is 6.20 Å². The molecule has 1 fully saturated rings. The molecule has 3 N–H and O–H groups in total. The van der Waals surface area contributed by atoms with Crippen molar-refractivity contribution in [3.05, 3.63) is 28.4 Å². The van der Waals surface area contributed by atoms with Crippen LogP contribution in [0.5, 0.6) is 0 Å². The van der Waals surface area contributed by atoms with E-state index in [1.807, 2.05) is 4.90 Å². The Morgan fingerprint density at radius 1 is 1.56 bits per heavy atom. The quantitative estimate of drug-likeness (QED) is 0.591. The van der Waals surface area contributed by atoms with Crippen LogP contribution in [0.2, 0.25) is 0 Å². The van der Waals surface area contributed by atoms with Gasteiger partial charge in [-0.25, -0.2) is 0 Å². The maximum absolute atomic E-state index is 10.9. The number of aliphatic hydroxyl groups is 1. The van der Waals surface area contributed by atoms with Crippen molar-refractivity contribution < 1.29 is 10.0 Å². The minimum absolute atomic E-state index is 0.0596. The number of aromatic nitrogens is 1. The van der Waals surface area contributed by atoms with Crippen molar-refractivity contribution in [2.45, 2.75) is 18.4 Å². The van der Waals surface area contributed by atoms with Gasteiger partial charge in [-0.05, 0) is 34.9 Å². The van der Waals surface area contributed by atoms with Gasteiger partial charge >= 0.3 is 5.82 Å². The smallest absolute Gasteiger partial charge is 0.387 e. The van der Waals surface area contributed by atoms with Crippen LogP contribution in [-0.2, 0) is 0 Å². The molecule has 0 radical (unpaired) electrons. The monoisotopic (exact) mass is 252 g/mol. The number of nitro groups is 1. The molecule has 7 nitrogen and oxygen atoms in total. The summed E-state index contributed by atoms with van der Waals surface area (Å²) in [5.74, 6) is -0.133. The average molecular weight is 252 g/mol. The van der Waals surface area contributed by atoms with Gasteiger partial charge in [0.1, 0.15) is 11.9 Å². The molecule has 0 spiro atoms. The highest BCUT2D eigenvalue weighted by atomic mass is 16.6. The van der Waals surface area contributed by atoms with Crippen LogP contribution in [0.15, 0.2) is 18.3 Å². The number of hydrogen-bond acceptors (Lipinski definition) is 6. The van der Waals surface area contributed by atoms with E-state index in [-0.39, 0.29) is 12.4 Å². The van der Waals surface area contributed by atoms with E-state index in [4.69, 9.17) is 5.73 Å². The van der Waals surface area contributed by atoms with Crippen molar-refractivity contribution in [3.8, 4) is 0 Å². The molecule has 2 rings (SSSR count). The molecule has 7 heteroatoms. The first-order valence-electron chi connectivity index (χ1n) is 5.80. The molecule has 98 valence electrons. The molecule has 0 aromatic carbocycles. The summed E-state index contributed by atoms with van der Waals surface area (Å²) in [6.07, 6.45) is 2.62. The number of nitrogens with two attached hydrogens (primary N) is 1. The Balaban J connectivity index is 2.17. The molecule has 0 aliphatic carbocycles. The van der Waals surface area contributed by atoms with Crippen molar-refractivity contribution in [2.24, 2.45) is 5.73 Å². The number of rotatable bonds is 3. The second-order valence-corrected chi connectivity index (χ2v) is 4.61. The Hall–Kier alpha value is -1.73. The number of hydrogen-bond donors (Lipinski definition) is 2. The second-order valence-electron chi connectivity index (χ2n) is 4.61. The summed E-state index contributed by atoms with van der Waals surface area (Å²) in [5.41, 5.74) is 5.92. The number of nitrogens with zero attached hydrogens (tertiary/aromatic N) is 3. The Morgan fingerprint density at radius 3 is 2.78 bits per heavy atom. The molecule has 1 aromatic heterocycles. The van der Waals surface area contributed by atoms with Gasteiger partial charge in [-0.1, -0.05) is 0 Å². The molecule has 2 heterocycles. The fourth-order valence-corrected chi connectivity index (χ4v) is 2.13. The molecule has 1 aromatic rings. The van der Waals surface area contributed by atoms with Crippen LogP contribution in [0.4, 0.5) is 11.5 Å². The maximum atomic E-state index is 10.9. The molecule has 0 unspecified atom stereocenters. The number of piperidine rings is 1. The van der Waals surface area contributed by atoms with Crippen molar-refractivity contribution in [3.63, 3.8) is 0 Å². The number of anilines is 1. The molecule has 0 atom stereocenters. The molecule has 0 saturated carbocycles. The summed E-state index contributed by atoms with van der Waals surface area (Å²) in [6, 6.07) is 3.37. The lowest BCUT2D eigenvalue weighted by Crippen LogP contribution is -2.53. The Morgan fingerprint density at radius 2 is 2.22 bits per heavy atom. The van der Waals surface area contributed by atoms with Crippen LogP contribution in [0.3, 0.4) is 0 Å². The van der Waals surface area contributed by atoms with E-state index in [9.17, 15) is 15.2 Å². The zero-order chi connectivity index (χ0) is 13.2. The standard InChI is InChI=1S/C11H16N4O3/c12-11(8-16)3-6-14(7-4-11)9-2-1-5-13-10(9)15(17)18/h1-2,5,16H,3-4,6-8,12H2. The molecule has 1 aliphatic rings. The van der Waals surface area contributed by atoms with Crippen molar-refractivity contribution in [1.29, 1.82) is 0 Å². The third-order valence-corrected chi connectivity index (χ3v) is 3.35. The first kappa shape index (κ1) is 12.7. The molecule has 1 saturated heterocycles. The first-order chi connectivity index (χ1) is 8.56. The molecular weight excluding hydrogens is 236 g/mol. The van der Waals surface area contributed by atoms with E-state index in [0.717, 1.165) is 0 Å². The lowest BCUT2D eigenvalue weighted by atomic mass is 9.89. The highest BCUT2D eigenvalue weighted by Crippen LogP contribution is 2.29. The number of aliphatic hydroxyl groups excluding tert-OH is 1. The normalized spacial score (nSPS) is 18.7. The predicted octanol–water partition coefficient (Wildman–Crippen LogP) is 0.280. The highest BCUT2D eigenvalue weighted by Gasteiger charge is 2.32. The minimum Gasteiger partial charge on any atom is -0.394 e. The molecule has 1 aliphatic heterocycles. The predicted molar refractivity (Wildman–Crippen MR) is 66.3 cm³/mol. The summed E-state index contributed by atoms with van der Waals surface area (Å²) < 4.78 is 0. The van der Waals surface area contributed by atoms with Gasteiger partial charge in [0.05, 0.1) is 6.61 Å². The third kappa shape index (κ3) is 2.41. The summed E-state index contributed by atoms with van der Waals surface area (Å²) >= 11 is 0. The SMILES string of the molecule is NC1(CO)CCN(c2cccnc2[N+](=O)[O-])CC1. The fourth-order valence-electron chi connectivity index (χ4n) is 2.13. The lowest BCUT2D eigenvalue weighted by Gasteiger charge is -2.38. The van der Waals surface area contributed by atoms with Gasteiger partial charge in [-0.3, -0.25) is 0 Å². The summed E-state index contributed by atoms with van der Waals surface area (Å²) in [7, 11) is 0. The van der Waals surface area contributed by atoms with Crippen LogP contribution in [0, 0.1) is 10.1 Å². The third-order valence-electron chi connectivity index (χ3n) is 3.35. The topological polar surface area (TPSA) is 106 Å². The van der Waals surface area contributed by atoms with E-state index in [2.05, 4.69) is 4.98 Å². The largest absolute Gasteiger partial charge is 0.394 e. The Kier molecular flexibility index (Phi) is 3.44. The summed E-state index contributed by atoms with van der Waals surface area (Å²) in [4.78, 5) is 16.1. The zero-order valence-electron chi connectivity index (χ0n) is 9.95. The van der Waals surface area contributed by atoms with E-state index in [1.54, 1.807) is 12.1 Å². The van der Waals surface area contributed by atoms with Crippen molar-refractivity contribution in [1.82, 2.24) is 4.98 Å². The molecule has 0 bridgehead atoms. The van der Waals surface area contributed by atoms with Crippen LogP contribution in [-0.4, -0.2) is 40.2 Å². The van der Waals surface area contributed by atoms with Crippen molar-refractivity contribution in [2.75, 3.05) is 24.6 Å². The maximum Gasteiger partial charge on any atom is 0.387 e. The zero-order valence-corrected chi connectivity index (χ0v) is 9.95. The first-order valence-corrected chi connectivity index (χ1v) is 5.80. The van der Waals surface area contributed by atoms with Crippen molar-refractivity contribution >= 4 is 11.5 Å². The fraction of sp³-hybridized carbons (Fsp3) is 0.545. The van der Waals surface area contributed by atoms with Gasteiger partial charge in [0, 0.05) is 18.6 Å². The van der Waals surface area contributed by atoms with Crippen LogP contribution >= 0.6 is 0 Å². The molecule has 0 amide bonds. The lowest BCUT2D eigenvalue weighted by molar-refractivity contribution is -0.388. The summed E-state index contributed by atoms with van der Waals surface area (Å²) in [6.45, 7) is 1.11. The van der Waals surface area contributed by atoms with Gasteiger partial charge in [0.2, 0.25) is 0 Å². The summed E-state index contributed by atoms with van der Waals surface area (Å²) in [5, 5.41) is 20.1. The second kappa shape index (κ2) is 4.87. The number of pyridine rings is 1. The Labute approximate surface area is 104 Å². The van der Waals surface area contributed by atoms with Gasteiger partial charge in [-0.2, -0.15) is 0 Å². The highest BCUT2D eigenvalue weighted by molar-refractivity contribution is 5.59. The van der Waals surface area contributed by atoms with E-state index >= 15 is 0 Å². The van der Waals surface area contributed by atoms with E-state index in [0.29, 0.717) is 31.6 Å². The van der Waals surface area contributed by atoms with Gasteiger partial charge in [0.15, 0.2) is 0 Å². The minimum atomic E-state index is -0.562. The van der Waals surface area contributed by atoms with Crippen LogP contribution < -0.4 is 10.6 Å². The van der Waals surface area contributed by atoms with E-state index < -0.39 is 10.5 Å². The Bertz CT molecular complexity index is 444. The average Bonchev–Trinajstić information content (AvgIpc) is 2.39. The van der Waals surface area contributed by atoms with Gasteiger partial charge in [-0.15, -0.1) is 0 Å². The van der Waals surface area contributed by atoms with Crippen LogP contribution in [0.25, 0.3) is 0 Å². The van der Waals surface area contributed by atoms with Crippen LogP contribution in [0.1, 0.15) is 12.8 Å². The molecular formula is C11H16N4O3. The van der Waals surface area contributed by atoms with Gasteiger partial charge in [0.25, 0.3) is 0 Å². The van der Waals surface area contributed by atoms with Gasteiger partial charge < -0.3 is 25.9 Å². The molecule has 18 heavy (non-hydrogen) atoms.